The zero-order valence-electron chi connectivity index (χ0n) is 17.9. The maximum absolute atomic E-state index is 12.8. The lowest BCUT2D eigenvalue weighted by molar-refractivity contribution is -0.107. The van der Waals surface area contributed by atoms with Crippen molar-refractivity contribution in [2.45, 2.75) is 32.4 Å². The van der Waals surface area contributed by atoms with Crippen LogP contribution in [0.5, 0.6) is 17.2 Å². The Bertz CT molecular complexity index is 944. The SMILES string of the molecule is [2H]C([2H])(C=O)c1c(OCc2ccccc2)cc(OC)c2c1OC(C)C([2H])([2H])C2=O. The van der Waals surface area contributed by atoms with Crippen molar-refractivity contribution in [2.24, 2.45) is 0 Å². The van der Waals surface area contributed by atoms with Crippen molar-refractivity contribution in [3.05, 3.63) is 53.1 Å². The molecule has 1 aliphatic rings. The number of aldehydes is 1. The van der Waals surface area contributed by atoms with Crippen LogP contribution in [0.1, 0.15) is 40.3 Å². The van der Waals surface area contributed by atoms with Crippen molar-refractivity contribution in [1.29, 1.82) is 0 Å². The first-order chi connectivity index (χ1) is 13.6. The number of carbonyl (C=O) groups is 2. The molecule has 0 saturated heterocycles. The fraction of sp³-hybridized carbons (Fsp3) is 0.300. The van der Waals surface area contributed by atoms with Gasteiger partial charge < -0.3 is 19.0 Å². The van der Waals surface area contributed by atoms with Gasteiger partial charge in [-0.15, -0.1) is 0 Å². The molecule has 0 spiro atoms. The molecule has 2 aromatic carbocycles. The molecule has 5 heteroatoms. The average Bonchev–Trinajstić information content (AvgIpc) is 2.70. The van der Waals surface area contributed by atoms with Gasteiger partial charge in [0.1, 0.15) is 41.8 Å². The normalized spacial score (nSPS) is 20.9. The van der Waals surface area contributed by atoms with Crippen LogP contribution in [0.25, 0.3) is 0 Å². The summed E-state index contributed by atoms with van der Waals surface area (Å²) in [6, 6.07) is 10.4. The first-order valence-electron chi connectivity index (χ1n) is 9.73. The van der Waals surface area contributed by atoms with Gasteiger partial charge in [0.15, 0.2) is 5.78 Å². The van der Waals surface area contributed by atoms with Gasteiger partial charge in [0.2, 0.25) is 0 Å². The molecule has 3 rings (SSSR count). The van der Waals surface area contributed by atoms with Crippen LogP contribution in [0.2, 0.25) is 0 Å². The molecule has 0 aliphatic carbocycles. The molecule has 1 heterocycles. The van der Waals surface area contributed by atoms with Crippen LogP contribution in [0.3, 0.4) is 0 Å². The molecule has 2 aromatic rings. The van der Waals surface area contributed by atoms with Crippen LogP contribution < -0.4 is 14.2 Å². The first-order valence-corrected chi connectivity index (χ1v) is 7.73. The van der Waals surface area contributed by atoms with E-state index in [0.29, 0.717) is 0 Å². The highest BCUT2D eigenvalue weighted by atomic mass is 16.5. The maximum atomic E-state index is 12.8. The largest absolute Gasteiger partial charge is 0.496 e. The van der Waals surface area contributed by atoms with E-state index in [1.165, 1.54) is 20.1 Å². The van der Waals surface area contributed by atoms with Crippen LogP contribution in [-0.2, 0) is 17.8 Å². The van der Waals surface area contributed by atoms with E-state index in [1.54, 1.807) is 0 Å². The minimum absolute atomic E-state index is 0.0192. The molecule has 25 heavy (non-hydrogen) atoms. The Kier molecular flexibility index (Phi) is 3.70. The summed E-state index contributed by atoms with van der Waals surface area (Å²) in [5.41, 5.74) is 0.293. The van der Waals surface area contributed by atoms with Gasteiger partial charge >= 0.3 is 0 Å². The van der Waals surface area contributed by atoms with Crippen LogP contribution in [0.15, 0.2) is 36.4 Å². The summed E-state index contributed by atoms with van der Waals surface area (Å²) in [4.78, 5) is 24.3. The third kappa shape index (κ3) is 3.50. The van der Waals surface area contributed by atoms with Crippen LogP contribution in [0, 0.1) is 0 Å². The van der Waals surface area contributed by atoms with E-state index in [-0.39, 0.29) is 41.3 Å². The number of Topliss-reactive ketones (excluding diaryl/α,β-unsaturated/α-hetero) is 1. The lowest BCUT2D eigenvalue weighted by atomic mass is 9.95. The molecule has 1 unspecified atom stereocenters. The quantitative estimate of drug-likeness (QED) is 0.752. The minimum Gasteiger partial charge on any atom is -0.496 e. The van der Waals surface area contributed by atoms with Crippen molar-refractivity contribution >= 4 is 12.1 Å². The number of fused-ring (bicyclic) bond motifs is 1. The molecule has 0 fully saturated rings. The molecule has 0 N–H and O–H groups in total. The molecule has 1 aliphatic heterocycles. The number of methoxy groups -OCH3 is 1. The summed E-state index contributed by atoms with van der Waals surface area (Å²) in [6.07, 6.45) is -5.98. The number of carbonyl (C=O) groups excluding carboxylic acids is 2. The minimum atomic E-state index is -2.54. The second-order valence-corrected chi connectivity index (χ2v) is 5.43. The van der Waals surface area contributed by atoms with Gasteiger partial charge in [-0.05, 0) is 12.5 Å². The Labute approximate surface area is 152 Å². The Morgan fingerprint density at radius 3 is 2.80 bits per heavy atom. The van der Waals surface area contributed by atoms with E-state index < -0.39 is 24.6 Å². The predicted molar refractivity (Wildman–Crippen MR) is 92.6 cm³/mol. The maximum Gasteiger partial charge on any atom is 0.174 e. The molecule has 0 bridgehead atoms. The van der Waals surface area contributed by atoms with Gasteiger partial charge in [0, 0.05) is 29.9 Å². The number of ether oxygens (including phenoxy) is 3. The monoisotopic (exact) mass is 344 g/mol. The summed E-state index contributed by atoms with van der Waals surface area (Å²) < 4.78 is 48.9. The van der Waals surface area contributed by atoms with Gasteiger partial charge in [-0.1, -0.05) is 30.3 Å². The van der Waals surface area contributed by atoms with Crippen molar-refractivity contribution in [2.75, 3.05) is 7.11 Å². The predicted octanol–water partition coefficient (Wildman–Crippen LogP) is 3.37. The van der Waals surface area contributed by atoms with Gasteiger partial charge in [-0.2, -0.15) is 0 Å². The van der Waals surface area contributed by atoms with Gasteiger partial charge in [0.05, 0.1) is 7.11 Å². The Morgan fingerprint density at radius 1 is 1.36 bits per heavy atom. The van der Waals surface area contributed by atoms with E-state index in [1.807, 2.05) is 30.3 Å². The van der Waals surface area contributed by atoms with Crippen LogP contribution in [-0.4, -0.2) is 25.3 Å². The number of ketones is 1. The van der Waals surface area contributed by atoms with E-state index in [9.17, 15) is 9.59 Å². The number of hydrogen-bond acceptors (Lipinski definition) is 5. The topological polar surface area (TPSA) is 61.8 Å². The first kappa shape index (κ1) is 12.5. The molecule has 1 atom stereocenters. The van der Waals surface area contributed by atoms with Crippen molar-refractivity contribution in [1.82, 2.24) is 0 Å². The lowest BCUT2D eigenvalue weighted by Gasteiger charge is -2.27. The number of hydrogen-bond donors (Lipinski definition) is 0. The van der Waals surface area contributed by atoms with Crippen LogP contribution in [0.4, 0.5) is 0 Å². The third-order valence-corrected chi connectivity index (χ3v) is 3.73. The molecule has 0 radical (unpaired) electrons. The van der Waals surface area contributed by atoms with E-state index in [4.69, 9.17) is 19.7 Å². The van der Waals surface area contributed by atoms with E-state index >= 15 is 0 Å². The molecular formula is C20H20O5. The number of rotatable bonds is 6. The van der Waals surface area contributed by atoms with E-state index in [2.05, 4.69) is 0 Å². The fourth-order valence-electron chi connectivity index (χ4n) is 2.61. The van der Waals surface area contributed by atoms with Crippen molar-refractivity contribution in [3.8, 4) is 17.2 Å². The Balaban J connectivity index is 2.20. The Morgan fingerprint density at radius 2 is 2.12 bits per heavy atom. The van der Waals surface area contributed by atoms with Crippen molar-refractivity contribution < 1.29 is 29.3 Å². The van der Waals surface area contributed by atoms with Gasteiger partial charge in [0.25, 0.3) is 0 Å². The highest BCUT2D eigenvalue weighted by Crippen LogP contribution is 2.43. The standard InChI is InChI=1S/C20H20O5/c1-13-10-16(22)19-18(23-2)11-17(15(8-9-21)20(19)25-13)24-12-14-6-4-3-5-7-14/h3-7,9,11,13H,8,10,12H2,1-2H3/i8D2,10D2. The summed E-state index contributed by atoms with van der Waals surface area (Å²) in [5.74, 6) is -1.18. The molecule has 130 valence electrons. The van der Waals surface area contributed by atoms with Gasteiger partial charge in [-0.25, -0.2) is 0 Å². The van der Waals surface area contributed by atoms with Crippen molar-refractivity contribution in [3.63, 3.8) is 0 Å². The van der Waals surface area contributed by atoms with Gasteiger partial charge in [-0.3, -0.25) is 4.79 Å². The third-order valence-electron chi connectivity index (χ3n) is 3.73. The highest BCUT2D eigenvalue weighted by molar-refractivity contribution is 6.03. The summed E-state index contributed by atoms with van der Waals surface area (Å²) in [6.45, 7) is 1.44. The van der Waals surface area contributed by atoms with Crippen LogP contribution >= 0.6 is 0 Å². The highest BCUT2D eigenvalue weighted by Gasteiger charge is 2.31. The summed E-state index contributed by atoms with van der Waals surface area (Å²) in [5, 5.41) is 0. The molecular weight excluding hydrogens is 320 g/mol. The Hall–Kier alpha value is -2.82. The number of benzene rings is 2. The smallest absolute Gasteiger partial charge is 0.174 e. The zero-order valence-corrected chi connectivity index (χ0v) is 13.9. The molecule has 0 saturated carbocycles. The average molecular weight is 344 g/mol. The molecule has 5 nitrogen and oxygen atoms in total. The van der Waals surface area contributed by atoms with E-state index in [0.717, 1.165) is 5.56 Å². The second kappa shape index (κ2) is 7.38. The zero-order chi connectivity index (χ0) is 21.4. The second-order valence-electron chi connectivity index (χ2n) is 5.43. The molecule has 0 aromatic heterocycles. The fourth-order valence-corrected chi connectivity index (χ4v) is 2.61. The lowest BCUT2D eigenvalue weighted by Crippen LogP contribution is -2.26. The summed E-state index contributed by atoms with van der Waals surface area (Å²) >= 11 is 0. The molecule has 0 amide bonds. The summed E-state index contributed by atoms with van der Waals surface area (Å²) in [7, 11) is 1.30.